The van der Waals surface area contributed by atoms with Gasteiger partial charge in [0, 0.05) is 30.0 Å². The molecular weight excluding hydrogens is 224 g/mol. The van der Waals surface area contributed by atoms with Crippen LogP contribution in [0.15, 0.2) is 36.7 Å². The summed E-state index contributed by atoms with van der Waals surface area (Å²) >= 11 is 5.77. The van der Waals surface area contributed by atoms with Gasteiger partial charge in [-0.25, -0.2) is 0 Å². The van der Waals surface area contributed by atoms with Gasteiger partial charge in [-0.15, -0.1) is 0 Å². The molecule has 16 heavy (non-hydrogen) atoms. The third-order valence-electron chi connectivity index (χ3n) is 2.45. The van der Waals surface area contributed by atoms with Gasteiger partial charge in [0.25, 0.3) is 0 Å². The summed E-state index contributed by atoms with van der Waals surface area (Å²) < 4.78 is 0. The molecule has 0 aromatic heterocycles. The Labute approximate surface area is 99.9 Å². The largest absolute Gasteiger partial charge is 0.362 e. The number of Topliss-reactive ketones (excluding diaryl/α,β-unsaturated/α-hetero) is 1. The Kier molecular flexibility index (Phi) is 3.15. The molecule has 0 aliphatic carbocycles. The number of hydrogen-bond acceptors (Lipinski definition) is 3. The Morgan fingerprint density at radius 1 is 1.31 bits per heavy atom. The van der Waals surface area contributed by atoms with Gasteiger partial charge in [-0.05, 0) is 24.3 Å². The van der Waals surface area contributed by atoms with E-state index in [-0.39, 0.29) is 5.78 Å². The molecule has 0 fully saturated rings. The number of ketones is 1. The molecule has 0 bridgehead atoms. The van der Waals surface area contributed by atoms with Crippen LogP contribution in [0.25, 0.3) is 0 Å². The molecule has 4 heteroatoms. The molecule has 0 atom stereocenters. The fourth-order valence-electron chi connectivity index (χ4n) is 1.60. The molecule has 1 aliphatic rings. The second kappa shape index (κ2) is 4.58. The molecule has 0 spiro atoms. The van der Waals surface area contributed by atoms with Gasteiger partial charge in [0.2, 0.25) is 0 Å². The number of benzene rings is 1. The molecule has 1 aromatic rings. The molecule has 0 saturated carbocycles. The molecule has 1 heterocycles. The van der Waals surface area contributed by atoms with E-state index < -0.39 is 0 Å². The third kappa shape index (κ3) is 2.55. The molecule has 0 N–H and O–H groups in total. The molecule has 0 amide bonds. The van der Waals surface area contributed by atoms with Gasteiger partial charge in [-0.2, -0.15) is 0 Å². The van der Waals surface area contributed by atoms with Crippen molar-refractivity contribution in [2.75, 3.05) is 20.3 Å². The quantitative estimate of drug-likeness (QED) is 0.752. The van der Waals surface area contributed by atoms with Crippen molar-refractivity contribution >= 4 is 17.4 Å². The molecule has 2 rings (SSSR count). The predicted octanol–water partition coefficient (Wildman–Crippen LogP) is 2.20. The summed E-state index contributed by atoms with van der Waals surface area (Å²) in [6.07, 6.45) is 3.88. The molecule has 0 saturated heterocycles. The summed E-state index contributed by atoms with van der Waals surface area (Å²) in [6.45, 7) is 1.17. The number of nitrogens with zero attached hydrogens (tertiary/aromatic N) is 2. The second-order valence-electron chi connectivity index (χ2n) is 3.87. The van der Waals surface area contributed by atoms with Crippen molar-refractivity contribution in [3.8, 4) is 0 Å². The number of carbonyl (C=O) groups is 1. The average molecular weight is 237 g/mol. The highest BCUT2D eigenvalue weighted by atomic mass is 35.5. The van der Waals surface area contributed by atoms with E-state index in [9.17, 15) is 4.79 Å². The Hall–Kier alpha value is -1.48. The number of rotatable bonds is 3. The van der Waals surface area contributed by atoms with Gasteiger partial charge in [-0.1, -0.05) is 11.6 Å². The van der Waals surface area contributed by atoms with Crippen LogP contribution in [0, 0.1) is 0 Å². The van der Waals surface area contributed by atoms with Gasteiger partial charge < -0.3 is 9.80 Å². The van der Waals surface area contributed by atoms with Gasteiger partial charge >= 0.3 is 0 Å². The van der Waals surface area contributed by atoms with Crippen LogP contribution in [-0.4, -0.2) is 35.8 Å². The maximum Gasteiger partial charge on any atom is 0.182 e. The first kappa shape index (κ1) is 11.0. The predicted molar refractivity (Wildman–Crippen MR) is 64.3 cm³/mol. The zero-order valence-corrected chi connectivity index (χ0v) is 9.81. The molecule has 1 aliphatic heterocycles. The van der Waals surface area contributed by atoms with Crippen LogP contribution in [0.2, 0.25) is 5.02 Å². The van der Waals surface area contributed by atoms with E-state index in [1.165, 1.54) is 0 Å². The van der Waals surface area contributed by atoms with Crippen molar-refractivity contribution in [3.05, 3.63) is 47.3 Å². The van der Waals surface area contributed by atoms with Crippen LogP contribution < -0.4 is 0 Å². The Morgan fingerprint density at radius 2 is 2.00 bits per heavy atom. The zero-order valence-electron chi connectivity index (χ0n) is 9.06. The minimum Gasteiger partial charge on any atom is -0.362 e. The first-order chi connectivity index (χ1) is 7.65. The first-order valence-corrected chi connectivity index (χ1v) is 5.44. The second-order valence-corrected chi connectivity index (χ2v) is 4.31. The van der Waals surface area contributed by atoms with E-state index >= 15 is 0 Å². The Balaban J connectivity index is 1.98. The van der Waals surface area contributed by atoms with Crippen LogP contribution in [-0.2, 0) is 0 Å². The molecule has 3 nitrogen and oxygen atoms in total. The van der Waals surface area contributed by atoms with Gasteiger partial charge in [0.1, 0.15) is 0 Å². The SMILES string of the molecule is CN1C=CN(CC(=O)c2ccc(Cl)cc2)C1. The summed E-state index contributed by atoms with van der Waals surface area (Å²) in [5.74, 6) is 0.108. The summed E-state index contributed by atoms with van der Waals surface area (Å²) in [4.78, 5) is 15.9. The lowest BCUT2D eigenvalue weighted by Crippen LogP contribution is -2.27. The lowest BCUT2D eigenvalue weighted by Gasteiger charge is -2.17. The van der Waals surface area contributed by atoms with Crippen LogP contribution >= 0.6 is 11.6 Å². The highest BCUT2D eigenvalue weighted by molar-refractivity contribution is 6.30. The van der Waals surface area contributed by atoms with Crippen molar-refractivity contribution in [3.63, 3.8) is 0 Å². The van der Waals surface area contributed by atoms with Gasteiger partial charge in [-0.3, -0.25) is 4.79 Å². The van der Waals surface area contributed by atoms with Crippen molar-refractivity contribution in [2.24, 2.45) is 0 Å². The standard InChI is InChI=1S/C12H13ClN2O/c1-14-6-7-15(9-14)8-12(16)10-2-4-11(13)5-3-10/h2-7H,8-9H2,1H3. The van der Waals surface area contributed by atoms with Crippen LogP contribution in [0.5, 0.6) is 0 Å². The molecule has 1 aromatic carbocycles. The summed E-state index contributed by atoms with van der Waals surface area (Å²) in [5, 5.41) is 0.650. The summed E-state index contributed by atoms with van der Waals surface area (Å²) in [6, 6.07) is 6.99. The topological polar surface area (TPSA) is 23.6 Å². The van der Waals surface area contributed by atoms with Crippen LogP contribution in [0.4, 0.5) is 0 Å². The smallest absolute Gasteiger partial charge is 0.182 e. The monoisotopic (exact) mass is 236 g/mol. The van der Waals surface area contributed by atoms with Gasteiger partial charge in [0.05, 0.1) is 13.2 Å². The molecule has 0 radical (unpaired) electrons. The van der Waals surface area contributed by atoms with E-state index in [1.54, 1.807) is 24.3 Å². The first-order valence-electron chi connectivity index (χ1n) is 5.06. The fourth-order valence-corrected chi connectivity index (χ4v) is 1.73. The van der Waals surface area contributed by atoms with E-state index in [1.807, 2.05) is 29.2 Å². The highest BCUT2D eigenvalue weighted by Crippen LogP contribution is 2.11. The van der Waals surface area contributed by atoms with Crippen molar-refractivity contribution in [1.29, 1.82) is 0 Å². The van der Waals surface area contributed by atoms with E-state index in [0.717, 1.165) is 6.67 Å². The average Bonchev–Trinajstić information content (AvgIpc) is 2.65. The van der Waals surface area contributed by atoms with Crippen molar-refractivity contribution in [2.45, 2.75) is 0 Å². The van der Waals surface area contributed by atoms with Crippen LogP contribution in [0.1, 0.15) is 10.4 Å². The molecule has 84 valence electrons. The normalized spacial score (nSPS) is 14.6. The van der Waals surface area contributed by atoms with E-state index in [4.69, 9.17) is 11.6 Å². The van der Waals surface area contributed by atoms with Gasteiger partial charge in [0.15, 0.2) is 5.78 Å². The van der Waals surface area contributed by atoms with E-state index in [0.29, 0.717) is 17.1 Å². The zero-order chi connectivity index (χ0) is 11.5. The highest BCUT2D eigenvalue weighted by Gasteiger charge is 2.13. The fraction of sp³-hybridized carbons (Fsp3) is 0.250. The van der Waals surface area contributed by atoms with Crippen molar-refractivity contribution < 1.29 is 4.79 Å². The maximum atomic E-state index is 11.9. The minimum absolute atomic E-state index is 0.108. The summed E-state index contributed by atoms with van der Waals surface area (Å²) in [7, 11) is 1.98. The molecular formula is C12H13ClN2O. The lowest BCUT2D eigenvalue weighted by molar-refractivity contribution is 0.0948. The van der Waals surface area contributed by atoms with Crippen molar-refractivity contribution in [1.82, 2.24) is 9.80 Å². The molecule has 0 unspecified atom stereocenters. The third-order valence-corrected chi connectivity index (χ3v) is 2.70. The Morgan fingerprint density at radius 3 is 2.56 bits per heavy atom. The van der Waals surface area contributed by atoms with E-state index in [2.05, 4.69) is 0 Å². The lowest BCUT2D eigenvalue weighted by atomic mass is 10.1. The number of halogens is 1. The summed E-state index contributed by atoms with van der Waals surface area (Å²) in [5.41, 5.74) is 0.701. The number of hydrogen-bond donors (Lipinski definition) is 0. The van der Waals surface area contributed by atoms with Crippen LogP contribution in [0.3, 0.4) is 0 Å². The number of carbonyl (C=O) groups excluding carboxylic acids is 1. The Bertz CT molecular complexity index is 414. The minimum atomic E-state index is 0.108. The maximum absolute atomic E-state index is 11.9.